The third-order valence-electron chi connectivity index (χ3n) is 5.15. The van der Waals surface area contributed by atoms with E-state index in [4.69, 9.17) is 9.63 Å². The monoisotopic (exact) mass is 394 g/mol. The van der Waals surface area contributed by atoms with Gasteiger partial charge in [-0.1, -0.05) is 30.8 Å². The van der Waals surface area contributed by atoms with Crippen LogP contribution in [0.3, 0.4) is 0 Å². The number of rotatable bonds is 9. The molecular formula is C19H30N4O5. The van der Waals surface area contributed by atoms with Crippen LogP contribution in [0.2, 0.25) is 0 Å². The molecule has 1 aromatic heterocycles. The summed E-state index contributed by atoms with van der Waals surface area (Å²) >= 11 is 0. The van der Waals surface area contributed by atoms with Gasteiger partial charge in [-0.15, -0.1) is 0 Å². The summed E-state index contributed by atoms with van der Waals surface area (Å²) in [5.74, 6) is -0.369. The number of carboxylic acid groups (broad SMARTS) is 1. The van der Waals surface area contributed by atoms with Crippen molar-refractivity contribution in [3.63, 3.8) is 0 Å². The Morgan fingerprint density at radius 1 is 1.18 bits per heavy atom. The fourth-order valence-electron chi connectivity index (χ4n) is 3.69. The van der Waals surface area contributed by atoms with Gasteiger partial charge in [-0.05, 0) is 19.8 Å². The first-order valence-corrected chi connectivity index (χ1v) is 9.97. The molecule has 1 aliphatic carbocycles. The van der Waals surface area contributed by atoms with Crippen molar-refractivity contribution < 1.29 is 24.0 Å². The minimum absolute atomic E-state index is 0.0798. The number of nitrogens with one attached hydrogen (secondary N) is 1. The van der Waals surface area contributed by atoms with Gasteiger partial charge in [0.2, 0.25) is 17.7 Å². The Morgan fingerprint density at radius 3 is 2.43 bits per heavy atom. The summed E-state index contributed by atoms with van der Waals surface area (Å²) in [6.07, 6.45) is 6.10. The Kier molecular flexibility index (Phi) is 7.95. The van der Waals surface area contributed by atoms with Gasteiger partial charge in [-0.2, -0.15) is 4.98 Å². The van der Waals surface area contributed by atoms with E-state index >= 15 is 0 Å². The molecule has 1 fully saturated rings. The number of hydrogen-bond donors (Lipinski definition) is 2. The molecule has 2 N–H and O–H groups in total. The van der Waals surface area contributed by atoms with Crippen LogP contribution in [0, 0.1) is 0 Å². The Labute approximate surface area is 164 Å². The number of carboxylic acids is 1. The molecule has 0 atom stereocenters. The molecule has 0 unspecified atom stereocenters. The molecule has 0 aromatic carbocycles. The van der Waals surface area contributed by atoms with E-state index in [2.05, 4.69) is 15.5 Å². The number of carbonyl (C=O) groups excluding carboxylic acids is 2. The zero-order valence-corrected chi connectivity index (χ0v) is 16.7. The van der Waals surface area contributed by atoms with Gasteiger partial charge in [0, 0.05) is 32.9 Å². The number of aliphatic carboxylic acids is 1. The van der Waals surface area contributed by atoms with Crippen molar-refractivity contribution in [1.82, 2.24) is 20.4 Å². The fourth-order valence-corrected chi connectivity index (χ4v) is 3.69. The highest BCUT2D eigenvalue weighted by molar-refractivity contribution is 5.77. The first-order chi connectivity index (χ1) is 13.4. The van der Waals surface area contributed by atoms with Crippen LogP contribution >= 0.6 is 0 Å². The van der Waals surface area contributed by atoms with E-state index in [1.165, 1.54) is 11.8 Å². The van der Waals surface area contributed by atoms with Gasteiger partial charge in [0.05, 0.1) is 6.42 Å². The Hall–Kier alpha value is -2.45. The molecule has 0 bridgehead atoms. The van der Waals surface area contributed by atoms with E-state index in [0.29, 0.717) is 18.3 Å². The Bertz CT molecular complexity index is 680. The smallest absolute Gasteiger partial charge is 0.305 e. The zero-order chi connectivity index (χ0) is 20.6. The molecular weight excluding hydrogens is 364 g/mol. The van der Waals surface area contributed by atoms with E-state index in [9.17, 15) is 14.4 Å². The summed E-state index contributed by atoms with van der Waals surface area (Å²) in [4.78, 5) is 40.8. The highest BCUT2D eigenvalue weighted by Crippen LogP contribution is 2.34. The third-order valence-corrected chi connectivity index (χ3v) is 5.15. The van der Waals surface area contributed by atoms with Crippen molar-refractivity contribution in [2.45, 2.75) is 77.2 Å². The van der Waals surface area contributed by atoms with Crippen molar-refractivity contribution in [3.8, 4) is 0 Å². The zero-order valence-electron chi connectivity index (χ0n) is 16.7. The second-order valence-electron chi connectivity index (χ2n) is 7.31. The normalized spacial score (nSPS) is 16.2. The largest absolute Gasteiger partial charge is 0.481 e. The summed E-state index contributed by atoms with van der Waals surface area (Å²) < 4.78 is 5.35. The van der Waals surface area contributed by atoms with Crippen LogP contribution in [-0.4, -0.2) is 51.0 Å². The second kappa shape index (κ2) is 10.2. The minimum atomic E-state index is -0.931. The molecule has 1 aromatic rings. The average molecular weight is 394 g/mol. The number of amides is 2. The summed E-state index contributed by atoms with van der Waals surface area (Å²) in [5, 5.41) is 15.9. The summed E-state index contributed by atoms with van der Waals surface area (Å²) in [7, 11) is 0. The molecule has 0 spiro atoms. The number of nitrogens with zero attached hydrogens (tertiary/aromatic N) is 3. The van der Waals surface area contributed by atoms with Gasteiger partial charge >= 0.3 is 5.97 Å². The van der Waals surface area contributed by atoms with Gasteiger partial charge < -0.3 is 19.8 Å². The Morgan fingerprint density at radius 2 is 1.86 bits per heavy atom. The topological polar surface area (TPSA) is 126 Å². The summed E-state index contributed by atoms with van der Waals surface area (Å²) in [6, 6.07) is 0. The SMILES string of the molecule is CCN(CCC(=O)O)C(=O)CCc1nc(C2(NC(C)=O)CCCCCC2)no1. The Balaban J connectivity index is 2.02. The van der Waals surface area contributed by atoms with E-state index in [0.717, 1.165) is 38.5 Å². The lowest BCUT2D eigenvalue weighted by molar-refractivity contribution is -0.138. The van der Waals surface area contributed by atoms with Crippen LogP contribution in [0.1, 0.15) is 76.9 Å². The van der Waals surface area contributed by atoms with E-state index in [1.54, 1.807) is 0 Å². The molecule has 0 radical (unpaired) electrons. The molecule has 28 heavy (non-hydrogen) atoms. The quantitative estimate of drug-likeness (QED) is 0.614. The molecule has 1 saturated carbocycles. The van der Waals surface area contributed by atoms with Crippen LogP contribution in [0.5, 0.6) is 0 Å². The molecule has 2 amide bonds. The second-order valence-corrected chi connectivity index (χ2v) is 7.31. The van der Waals surface area contributed by atoms with E-state index < -0.39 is 11.5 Å². The molecule has 156 valence electrons. The van der Waals surface area contributed by atoms with Gasteiger partial charge in [-0.25, -0.2) is 0 Å². The molecule has 0 saturated heterocycles. The molecule has 1 aliphatic rings. The predicted octanol–water partition coefficient (Wildman–Crippen LogP) is 2.01. The van der Waals surface area contributed by atoms with Crippen molar-refractivity contribution in [2.75, 3.05) is 13.1 Å². The molecule has 9 nitrogen and oxygen atoms in total. The van der Waals surface area contributed by atoms with Crippen molar-refractivity contribution >= 4 is 17.8 Å². The molecule has 1 heterocycles. The van der Waals surface area contributed by atoms with Gasteiger partial charge in [0.15, 0.2) is 5.82 Å². The predicted molar refractivity (Wildman–Crippen MR) is 100 cm³/mol. The maximum absolute atomic E-state index is 12.3. The third kappa shape index (κ3) is 6.03. The lowest BCUT2D eigenvalue weighted by atomic mass is 9.89. The summed E-state index contributed by atoms with van der Waals surface area (Å²) in [5.41, 5.74) is -0.606. The van der Waals surface area contributed by atoms with Gasteiger partial charge in [0.1, 0.15) is 5.54 Å². The van der Waals surface area contributed by atoms with Crippen LogP contribution in [-0.2, 0) is 26.3 Å². The van der Waals surface area contributed by atoms with Crippen LogP contribution in [0.15, 0.2) is 4.52 Å². The number of carbonyl (C=O) groups is 3. The van der Waals surface area contributed by atoms with Crippen molar-refractivity contribution in [1.29, 1.82) is 0 Å². The maximum atomic E-state index is 12.3. The lowest BCUT2D eigenvalue weighted by Crippen LogP contribution is -2.45. The number of hydrogen-bond acceptors (Lipinski definition) is 6. The van der Waals surface area contributed by atoms with Crippen molar-refractivity contribution in [2.24, 2.45) is 0 Å². The average Bonchev–Trinajstić information content (AvgIpc) is 3.00. The molecule has 0 aliphatic heterocycles. The fraction of sp³-hybridized carbons (Fsp3) is 0.737. The minimum Gasteiger partial charge on any atom is -0.481 e. The lowest BCUT2D eigenvalue weighted by Gasteiger charge is -2.30. The first kappa shape index (κ1) is 21.8. The molecule has 2 rings (SSSR count). The number of aryl methyl sites for hydroxylation is 1. The van der Waals surface area contributed by atoms with Gasteiger partial charge in [-0.3, -0.25) is 14.4 Å². The number of aromatic nitrogens is 2. The summed E-state index contributed by atoms with van der Waals surface area (Å²) in [6.45, 7) is 3.94. The highest BCUT2D eigenvalue weighted by atomic mass is 16.5. The first-order valence-electron chi connectivity index (χ1n) is 9.97. The highest BCUT2D eigenvalue weighted by Gasteiger charge is 2.38. The van der Waals surface area contributed by atoms with Crippen LogP contribution in [0.25, 0.3) is 0 Å². The van der Waals surface area contributed by atoms with Crippen LogP contribution in [0.4, 0.5) is 0 Å². The van der Waals surface area contributed by atoms with E-state index in [1.807, 2.05) is 6.92 Å². The maximum Gasteiger partial charge on any atom is 0.305 e. The molecule has 9 heteroatoms. The van der Waals surface area contributed by atoms with Crippen molar-refractivity contribution in [3.05, 3.63) is 11.7 Å². The van der Waals surface area contributed by atoms with Crippen LogP contribution < -0.4 is 5.32 Å². The van der Waals surface area contributed by atoms with Gasteiger partial charge in [0.25, 0.3) is 0 Å². The van der Waals surface area contributed by atoms with E-state index in [-0.39, 0.29) is 37.6 Å². The standard InChI is InChI=1S/C19H30N4O5/c1-3-23(13-10-17(26)27)16(25)9-8-15-20-18(22-28-15)19(21-14(2)24)11-6-4-5-7-12-19/h3-13H2,1-2H3,(H,21,24)(H,26,27).